The Morgan fingerprint density at radius 3 is 2.53 bits per heavy atom. The van der Waals surface area contributed by atoms with Crippen molar-refractivity contribution in [2.45, 2.75) is 18.7 Å². The van der Waals surface area contributed by atoms with Gasteiger partial charge in [-0.25, -0.2) is 19.9 Å². The average Bonchev–Trinajstić information content (AvgIpc) is 2.93. The Hall–Kier alpha value is -4.25. The van der Waals surface area contributed by atoms with Gasteiger partial charge in [-0.15, -0.1) is 0 Å². The summed E-state index contributed by atoms with van der Waals surface area (Å²) in [4.78, 5) is 41.7. The molecule has 38 heavy (non-hydrogen) atoms. The van der Waals surface area contributed by atoms with Gasteiger partial charge in [0, 0.05) is 62.4 Å². The summed E-state index contributed by atoms with van der Waals surface area (Å²) in [6.07, 6.45) is -3.24. The number of carbonyl (C=O) groups excluding carboxylic acids is 1. The number of ether oxygens (including phenoxy) is 1. The van der Waals surface area contributed by atoms with Crippen LogP contribution in [0.3, 0.4) is 0 Å². The normalized spacial score (nSPS) is 18.5. The molecule has 0 radical (unpaired) electrons. The fraction of sp³-hybridized carbons (Fsp3) is 0.417. The zero-order chi connectivity index (χ0) is 26.9. The van der Waals surface area contributed by atoms with E-state index in [2.05, 4.69) is 25.0 Å². The van der Waals surface area contributed by atoms with Crippen molar-refractivity contribution >= 4 is 34.1 Å². The molecule has 2 aromatic heterocycles. The Labute approximate surface area is 214 Å². The maximum Gasteiger partial charge on any atom is 0.419 e. The zero-order valence-corrected chi connectivity index (χ0v) is 20.1. The van der Waals surface area contributed by atoms with Crippen LogP contribution < -0.4 is 15.4 Å². The molecule has 1 atom stereocenters. The van der Waals surface area contributed by atoms with Crippen LogP contribution in [-0.2, 0) is 15.7 Å². The molecule has 0 spiro atoms. The van der Waals surface area contributed by atoms with Crippen LogP contribution in [0.25, 0.3) is 15.6 Å². The second-order valence-corrected chi connectivity index (χ2v) is 9.00. The van der Waals surface area contributed by atoms with Gasteiger partial charge in [0.15, 0.2) is 11.5 Å². The number of fused-ring (bicyclic) bond motifs is 1. The van der Waals surface area contributed by atoms with Crippen molar-refractivity contribution in [3.63, 3.8) is 0 Å². The molecular weight excluding hydrogens is 505 g/mol. The van der Waals surface area contributed by atoms with Crippen LogP contribution in [0.5, 0.6) is 0 Å². The van der Waals surface area contributed by atoms with E-state index in [1.54, 1.807) is 28.0 Å². The largest absolute Gasteiger partial charge is 0.419 e. The maximum absolute atomic E-state index is 13.0. The number of halogens is 3. The predicted octanol–water partition coefficient (Wildman–Crippen LogP) is 2.23. The number of aromatic nitrogens is 4. The molecule has 0 unspecified atom stereocenters. The smallest absolute Gasteiger partial charge is 0.374 e. The van der Waals surface area contributed by atoms with Crippen LogP contribution in [0.4, 0.5) is 30.6 Å². The van der Waals surface area contributed by atoms with Gasteiger partial charge in [-0.2, -0.15) is 18.3 Å². The molecule has 2 aliphatic rings. The number of benzene rings is 1. The summed E-state index contributed by atoms with van der Waals surface area (Å²) in [5.74, 6) is 0.619. The van der Waals surface area contributed by atoms with Gasteiger partial charge in [-0.05, 0) is 6.07 Å². The first-order valence-corrected chi connectivity index (χ1v) is 11.9. The lowest BCUT2D eigenvalue weighted by molar-refractivity contribution is -0.138. The van der Waals surface area contributed by atoms with Crippen molar-refractivity contribution in [3.05, 3.63) is 57.9 Å². The van der Waals surface area contributed by atoms with Gasteiger partial charge in [0.2, 0.25) is 11.9 Å². The number of carbonyl (C=O) groups is 1. The summed E-state index contributed by atoms with van der Waals surface area (Å²) in [7, 11) is 0. The van der Waals surface area contributed by atoms with Crippen LogP contribution in [0.15, 0.2) is 35.4 Å². The first kappa shape index (κ1) is 25.4. The van der Waals surface area contributed by atoms with Gasteiger partial charge in [0.25, 0.3) is 5.56 Å². The van der Waals surface area contributed by atoms with Gasteiger partial charge < -0.3 is 19.4 Å². The minimum Gasteiger partial charge on any atom is -0.374 e. The number of piperazine rings is 1. The summed E-state index contributed by atoms with van der Waals surface area (Å²) in [6, 6.07) is 4.82. The average molecular weight is 528 g/mol. The molecule has 2 saturated heterocycles. The number of rotatable bonds is 4. The fourth-order valence-electron chi connectivity index (χ4n) is 4.60. The molecule has 1 aromatic carbocycles. The van der Waals surface area contributed by atoms with Crippen molar-refractivity contribution < 1.29 is 22.7 Å². The zero-order valence-electron chi connectivity index (χ0n) is 20.1. The molecule has 0 bridgehead atoms. The lowest BCUT2D eigenvalue weighted by Gasteiger charge is -2.37. The molecule has 1 amide bonds. The summed E-state index contributed by atoms with van der Waals surface area (Å²) in [5, 5.41) is 7.71. The van der Waals surface area contributed by atoms with Gasteiger partial charge >= 0.3 is 6.18 Å². The Bertz CT molecular complexity index is 1430. The van der Waals surface area contributed by atoms with E-state index in [9.17, 15) is 22.8 Å². The number of aromatic amines is 1. The highest BCUT2D eigenvalue weighted by Gasteiger charge is 2.32. The number of alkyl halides is 3. The van der Waals surface area contributed by atoms with Crippen LogP contribution in [0.2, 0.25) is 0 Å². The quantitative estimate of drug-likeness (QED) is 0.514. The number of hydrogen-bond acceptors (Lipinski definition) is 8. The molecule has 5 rings (SSSR count). The van der Waals surface area contributed by atoms with E-state index in [1.807, 2.05) is 4.90 Å². The molecule has 11 nitrogen and oxygen atoms in total. The third-order valence-corrected chi connectivity index (χ3v) is 6.60. The third-order valence-electron chi connectivity index (χ3n) is 6.60. The highest BCUT2D eigenvalue weighted by atomic mass is 19.4. The van der Waals surface area contributed by atoms with E-state index in [0.717, 1.165) is 12.4 Å². The second kappa shape index (κ2) is 10.3. The molecule has 2 fully saturated rings. The Morgan fingerprint density at radius 2 is 1.84 bits per heavy atom. The van der Waals surface area contributed by atoms with Crippen LogP contribution in [0, 0.1) is 6.57 Å². The molecule has 1 N–H and O–H groups in total. The van der Waals surface area contributed by atoms with E-state index in [1.165, 1.54) is 0 Å². The van der Waals surface area contributed by atoms with E-state index in [4.69, 9.17) is 11.3 Å². The summed E-state index contributed by atoms with van der Waals surface area (Å²) < 4.78 is 44.1. The van der Waals surface area contributed by atoms with Crippen molar-refractivity contribution in [3.8, 4) is 0 Å². The SMILES string of the molecule is [C-]#[N+]c1ccc2c(=O)[nH]nc(N3CCO[C@H](CC(=O)N4CCN(c5ncc(C(F)(F)F)cn5)CC4)C3)c2c1. The number of nitrogens with zero attached hydrogens (tertiary/aromatic N) is 7. The molecule has 2 aliphatic heterocycles. The number of H-pyrrole nitrogens is 1. The monoisotopic (exact) mass is 528 g/mol. The van der Waals surface area contributed by atoms with Crippen LogP contribution >= 0.6 is 0 Å². The first-order valence-electron chi connectivity index (χ1n) is 11.9. The standard InChI is InChI=1S/C24H23F3N8O3/c1-28-16-2-3-18-19(10-16)21(31-32-22(18)37)35-8-9-38-17(14-35)11-20(36)33-4-6-34(7-5-33)23-29-12-15(13-30-23)24(25,26)27/h2-3,10,12-13,17H,4-9,11,14H2,(H,32,37)/t17-/m1/s1. The number of nitrogens with one attached hydrogen (secondary N) is 1. The fourth-order valence-corrected chi connectivity index (χ4v) is 4.60. The third kappa shape index (κ3) is 5.23. The minimum atomic E-state index is -4.50. The van der Waals surface area contributed by atoms with Crippen molar-refractivity contribution in [1.29, 1.82) is 0 Å². The highest BCUT2D eigenvalue weighted by Crippen LogP contribution is 2.29. The number of amides is 1. The van der Waals surface area contributed by atoms with Crippen LogP contribution in [0.1, 0.15) is 12.0 Å². The minimum absolute atomic E-state index is 0.0978. The van der Waals surface area contributed by atoms with E-state index < -0.39 is 17.8 Å². The molecule has 0 aliphatic carbocycles. The molecule has 0 saturated carbocycles. The maximum atomic E-state index is 13.0. The predicted molar refractivity (Wildman–Crippen MR) is 131 cm³/mol. The number of morpholine rings is 1. The first-order chi connectivity index (χ1) is 18.2. The molecule has 14 heteroatoms. The summed E-state index contributed by atoms with van der Waals surface area (Å²) in [5.41, 5.74) is -0.860. The second-order valence-electron chi connectivity index (χ2n) is 9.00. The molecule has 4 heterocycles. The van der Waals surface area contributed by atoms with Crippen molar-refractivity contribution in [2.75, 3.05) is 55.7 Å². The molecule has 198 valence electrons. The van der Waals surface area contributed by atoms with Gasteiger partial charge in [-0.3, -0.25) is 9.59 Å². The Morgan fingerprint density at radius 1 is 1.11 bits per heavy atom. The van der Waals surface area contributed by atoms with Crippen molar-refractivity contribution in [1.82, 2.24) is 25.1 Å². The Kier molecular flexibility index (Phi) is 6.85. The van der Waals surface area contributed by atoms with Gasteiger partial charge in [-0.1, -0.05) is 12.1 Å². The number of hydrogen-bond donors (Lipinski definition) is 1. The topological polar surface area (TPSA) is 112 Å². The number of anilines is 2. The summed E-state index contributed by atoms with van der Waals surface area (Å²) >= 11 is 0. The van der Waals surface area contributed by atoms with Gasteiger partial charge in [0.05, 0.1) is 31.3 Å². The summed E-state index contributed by atoms with van der Waals surface area (Å²) in [6.45, 7) is 10.1. The molecule has 3 aromatic rings. The van der Waals surface area contributed by atoms with E-state index in [-0.39, 0.29) is 23.8 Å². The lowest BCUT2D eigenvalue weighted by atomic mass is 10.1. The highest BCUT2D eigenvalue weighted by molar-refractivity contribution is 5.94. The van der Waals surface area contributed by atoms with Crippen molar-refractivity contribution in [2.24, 2.45) is 0 Å². The Balaban J connectivity index is 1.20. The van der Waals surface area contributed by atoms with Crippen LogP contribution in [-0.4, -0.2) is 83.0 Å². The lowest BCUT2D eigenvalue weighted by Crippen LogP contribution is -2.51. The molecular formula is C24H23F3N8O3. The van der Waals surface area contributed by atoms with E-state index >= 15 is 0 Å². The van der Waals surface area contributed by atoms with E-state index in [0.29, 0.717) is 68.2 Å². The van der Waals surface area contributed by atoms with Gasteiger partial charge in [0.1, 0.15) is 0 Å².